The molecule has 0 saturated heterocycles. The fourth-order valence-corrected chi connectivity index (χ4v) is 2.30. The summed E-state index contributed by atoms with van der Waals surface area (Å²) in [5.74, 6) is 0. The highest BCUT2D eigenvalue weighted by Crippen LogP contribution is 2.30. The Labute approximate surface area is 92.7 Å². The lowest BCUT2D eigenvalue weighted by atomic mass is 10.0. The molecule has 0 aromatic heterocycles. The van der Waals surface area contributed by atoms with Crippen LogP contribution in [0.4, 0.5) is 0 Å². The first kappa shape index (κ1) is 9.47. The highest BCUT2D eigenvalue weighted by molar-refractivity contribution is 9.10. The van der Waals surface area contributed by atoms with Gasteiger partial charge in [0.25, 0.3) is 0 Å². The van der Waals surface area contributed by atoms with Gasteiger partial charge in [0.1, 0.15) is 0 Å². The molecule has 14 heavy (non-hydrogen) atoms. The van der Waals surface area contributed by atoms with Crippen molar-refractivity contribution in [3.05, 3.63) is 58.6 Å². The van der Waals surface area contributed by atoms with Crippen molar-refractivity contribution in [2.45, 2.75) is 6.92 Å². The zero-order chi connectivity index (χ0) is 9.97. The maximum absolute atomic E-state index is 3.58. The topological polar surface area (TPSA) is 0 Å². The van der Waals surface area contributed by atoms with E-state index in [4.69, 9.17) is 0 Å². The minimum atomic E-state index is 1.16. The molecule has 0 amide bonds. The van der Waals surface area contributed by atoms with E-state index in [2.05, 4.69) is 65.3 Å². The van der Waals surface area contributed by atoms with Crippen molar-refractivity contribution in [2.24, 2.45) is 0 Å². The van der Waals surface area contributed by atoms with Crippen molar-refractivity contribution in [2.75, 3.05) is 0 Å². The summed E-state index contributed by atoms with van der Waals surface area (Å²) < 4.78 is 1.16. The van der Waals surface area contributed by atoms with E-state index in [-0.39, 0.29) is 0 Å². The molecule has 2 aromatic carbocycles. The molecule has 0 unspecified atom stereocenters. The minimum Gasteiger partial charge on any atom is -0.0622 e. The van der Waals surface area contributed by atoms with Crippen molar-refractivity contribution >= 4 is 15.9 Å². The number of hydrogen-bond donors (Lipinski definition) is 0. The Balaban J connectivity index is 2.63. The third kappa shape index (κ3) is 1.73. The fraction of sp³-hybridized carbons (Fsp3) is 0.0769. The molecule has 2 rings (SSSR count). The highest BCUT2D eigenvalue weighted by Gasteiger charge is 2.04. The summed E-state index contributed by atoms with van der Waals surface area (Å²) in [6.07, 6.45) is 0. The summed E-state index contributed by atoms with van der Waals surface area (Å²) in [6.45, 7) is 2.13. The van der Waals surface area contributed by atoms with E-state index < -0.39 is 0 Å². The van der Waals surface area contributed by atoms with Gasteiger partial charge in [-0.15, -0.1) is 0 Å². The lowest BCUT2D eigenvalue weighted by Crippen LogP contribution is -1.83. The van der Waals surface area contributed by atoms with Gasteiger partial charge in [-0.2, -0.15) is 0 Å². The molecule has 0 aliphatic carbocycles. The van der Waals surface area contributed by atoms with Crippen LogP contribution < -0.4 is 0 Å². The van der Waals surface area contributed by atoms with Crippen molar-refractivity contribution in [3.8, 4) is 11.1 Å². The second-order valence-corrected chi connectivity index (χ2v) is 4.15. The Hall–Kier alpha value is -1.08. The summed E-state index contributed by atoms with van der Waals surface area (Å²) in [7, 11) is 0. The van der Waals surface area contributed by atoms with E-state index in [0.29, 0.717) is 0 Å². The lowest BCUT2D eigenvalue weighted by Gasteiger charge is -2.07. The van der Waals surface area contributed by atoms with Crippen molar-refractivity contribution < 1.29 is 0 Å². The van der Waals surface area contributed by atoms with E-state index in [1.54, 1.807) is 0 Å². The van der Waals surface area contributed by atoms with Crippen molar-refractivity contribution in [1.29, 1.82) is 0 Å². The van der Waals surface area contributed by atoms with E-state index in [1.165, 1.54) is 16.7 Å². The summed E-state index contributed by atoms with van der Waals surface area (Å²) in [5.41, 5.74) is 3.84. The lowest BCUT2D eigenvalue weighted by molar-refractivity contribution is 1.44. The molecule has 0 bridgehead atoms. The van der Waals surface area contributed by atoms with Gasteiger partial charge < -0.3 is 0 Å². The Morgan fingerprint density at radius 2 is 1.57 bits per heavy atom. The Bertz CT molecular complexity index is 412. The molecular formula is C13H11Br. The van der Waals surface area contributed by atoms with Crippen molar-refractivity contribution in [3.63, 3.8) is 0 Å². The van der Waals surface area contributed by atoms with Gasteiger partial charge in [0.2, 0.25) is 0 Å². The first-order chi connectivity index (χ1) is 6.79. The maximum atomic E-state index is 3.58. The number of halogens is 1. The molecule has 0 aliphatic rings. The summed E-state index contributed by atoms with van der Waals surface area (Å²) in [6, 6.07) is 16.7. The SMILES string of the molecule is Cc1cccc(Br)c1-c1ccccc1. The second-order valence-electron chi connectivity index (χ2n) is 3.30. The Morgan fingerprint density at radius 1 is 0.857 bits per heavy atom. The van der Waals surface area contributed by atoms with Crippen LogP contribution in [-0.4, -0.2) is 0 Å². The third-order valence-corrected chi connectivity index (χ3v) is 2.95. The molecule has 0 fully saturated rings. The first-order valence-electron chi connectivity index (χ1n) is 4.59. The van der Waals surface area contributed by atoms with Crippen LogP contribution in [-0.2, 0) is 0 Å². The van der Waals surface area contributed by atoms with Crippen molar-refractivity contribution in [1.82, 2.24) is 0 Å². The summed E-state index contributed by atoms with van der Waals surface area (Å²) in [5, 5.41) is 0. The minimum absolute atomic E-state index is 1.16. The molecule has 0 aliphatic heterocycles. The number of benzene rings is 2. The predicted octanol–water partition coefficient (Wildman–Crippen LogP) is 4.42. The van der Waals surface area contributed by atoms with Crippen LogP contribution in [0.25, 0.3) is 11.1 Å². The van der Waals surface area contributed by atoms with Gasteiger partial charge in [0, 0.05) is 4.47 Å². The molecule has 0 radical (unpaired) electrons. The molecule has 2 aromatic rings. The maximum Gasteiger partial charge on any atom is 0.0256 e. The van der Waals surface area contributed by atoms with Gasteiger partial charge in [-0.05, 0) is 29.7 Å². The highest BCUT2D eigenvalue weighted by atomic mass is 79.9. The molecule has 0 atom stereocenters. The van der Waals surface area contributed by atoms with Gasteiger partial charge in [-0.3, -0.25) is 0 Å². The zero-order valence-corrected chi connectivity index (χ0v) is 9.58. The smallest absolute Gasteiger partial charge is 0.0256 e. The molecule has 0 spiro atoms. The third-order valence-electron chi connectivity index (χ3n) is 2.28. The van der Waals surface area contributed by atoms with Gasteiger partial charge in [-0.1, -0.05) is 58.4 Å². The van der Waals surface area contributed by atoms with Crippen LogP contribution in [0.2, 0.25) is 0 Å². The molecule has 70 valence electrons. The van der Waals surface area contributed by atoms with E-state index in [0.717, 1.165) is 4.47 Å². The van der Waals surface area contributed by atoms with Gasteiger partial charge in [0.15, 0.2) is 0 Å². The van der Waals surface area contributed by atoms with Gasteiger partial charge in [0.05, 0.1) is 0 Å². The van der Waals surface area contributed by atoms with E-state index in [1.807, 2.05) is 6.07 Å². The average Bonchev–Trinajstić information content (AvgIpc) is 2.19. The quantitative estimate of drug-likeness (QED) is 0.699. The first-order valence-corrected chi connectivity index (χ1v) is 5.39. The Kier molecular flexibility index (Phi) is 2.69. The van der Waals surface area contributed by atoms with Crippen LogP contribution in [0.1, 0.15) is 5.56 Å². The monoisotopic (exact) mass is 246 g/mol. The molecular weight excluding hydrogens is 236 g/mol. The van der Waals surface area contributed by atoms with Crippen LogP contribution in [0, 0.1) is 6.92 Å². The molecule has 0 heterocycles. The number of aryl methyl sites for hydroxylation is 1. The van der Waals surface area contributed by atoms with Crippen LogP contribution in [0.15, 0.2) is 53.0 Å². The van der Waals surface area contributed by atoms with Gasteiger partial charge in [-0.25, -0.2) is 0 Å². The summed E-state index contributed by atoms with van der Waals surface area (Å²) >= 11 is 3.58. The molecule has 0 saturated carbocycles. The van der Waals surface area contributed by atoms with Crippen LogP contribution >= 0.6 is 15.9 Å². The molecule has 0 nitrogen and oxygen atoms in total. The van der Waals surface area contributed by atoms with E-state index >= 15 is 0 Å². The normalized spacial score (nSPS) is 10.1. The Morgan fingerprint density at radius 3 is 2.21 bits per heavy atom. The average molecular weight is 247 g/mol. The zero-order valence-electron chi connectivity index (χ0n) is 8.00. The van der Waals surface area contributed by atoms with E-state index in [9.17, 15) is 0 Å². The molecule has 0 N–H and O–H groups in total. The fourth-order valence-electron chi connectivity index (χ4n) is 1.60. The van der Waals surface area contributed by atoms with Crippen LogP contribution in [0.5, 0.6) is 0 Å². The standard InChI is InChI=1S/C13H11Br/c1-10-6-5-9-12(14)13(10)11-7-3-2-4-8-11/h2-9H,1H3. The van der Waals surface area contributed by atoms with Crippen LogP contribution in [0.3, 0.4) is 0 Å². The molecule has 1 heteroatoms. The largest absolute Gasteiger partial charge is 0.0622 e. The predicted molar refractivity (Wildman–Crippen MR) is 64.3 cm³/mol. The summed E-state index contributed by atoms with van der Waals surface area (Å²) in [4.78, 5) is 0. The second kappa shape index (κ2) is 3.97. The number of hydrogen-bond acceptors (Lipinski definition) is 0. The van der Waals surface area contributed by atoms with Gasteiger partial charge >= 0.3 is 0 Å². The number of rotatable bonds is 1.